The fourth-order valence-electron chi connectivity index (χ4n) is 1.31. The van der Waals surface area contributed by atoms with E-state index >= 15 is 0 Å². The van der Waals surface area contributed by atoms with Gasteiger partial charge in [0.2, 0.25) is 0 Å². The van der Waals surface area contributed by atoms with Crippen molar-refractivity contribution in [3.63, 3.8) is 0 Å². The summed E-state index contributed by atoms with van der Waals surface area (Å²) < 4.78 is 38.2. The van der Waals surface area contributed by atoms with Crippen LogP contribution in [-0.2, 0) is 14.9 Å². The fourth-order valence-corrected chi connectivity index (χ4v) is 2.32. The number of aromatic nitrogens is 1. The molecular formula is C10H11INNaO5S. The Morgan fingerprint density at radius 3 is 2.47 bits per heavy atom. The van der Waals surface area contributed by atoms with Gasteiger partial charge in [-0.3, -0.25) is 4.79 Å². The van der Waals surface area contributed by atoms with E-state index in [1.807, 2.05) is 22.6 Å². The molecule has 1 aromatic heterocycles. The minimum absolute atomic E-state index is 0. The molecule has 0 aliphatic carbocycles. The summed E-state index contributed by atoms with van der Waals surface area (Å²) >= 11 is 2.04. The van der Waals surface area contributed by atoms with Crippen molar-refractivity contribution in [3.05, 3.63) is 17.3 Å². The van der Waals surface area contributed by atoms with E-state index in [-0.39, 0.29) is 47.4 Å². The molecule has 1 aromatic rings. The van der Waals surface area contributed by atoms with Crippen LogP contribution < -0.4 is 34.3 Å². The molecule has 0 N–H and O–H groups in total. The van der Waals surface area contributed by atoms with Crippen LogP contribution in [-0.4, -0.2) is 28.4 Å². The van der Waals surface area contributed by atoms with Crippen LogP contribution in [0.5, 0.6) is 5.75 Å². The first kappa shape index (κ1) is 19.3. The van der Waals surface area contributed by atoms with Gasteiger partial charge in [-0.05, 0) is 25.5 Å². The van der Waals surface area contributed by atoms with Crippen LogP contribution in [0.2, 0.25) is 0 Å². The van der Waals surface area contributed by atoms with Crippen molar-refractivity contribution in [2.75, 3.05) is 4.43 Å². The predicted molar refractivity (Wildman–Crippen MR) is 70.8 cm³/mol. The number of esters is 1. The zero-order chi connectivity index (χ0) is 13.9. The number of nitrogens with zero attached hydrogens (tertiary/aromatic N) is 1. The second kappa shape index (κ2) is 7.89. The van der Waals surface area contributed by atoms with Crippen LogP contribution in [0.3, 0.4) is 0 Å². The molecular weight excluding hydrogens is 396 g/mol. The Balaban J connectivity index is 0.00000324. The predicted octanol–water partition coefficient (Wildman–Crippen LogP) is -1.66. The van der Waals surface area contributed by atoms with E-state index in [2.05, 4.69) is 4.98 Å². The molecule has 0 radical (unpaired) electrons. The van der Waals surface area contributed by atoms with Gasteiger partial charge in [0.05, 0.1) is 12.1 Å². The van der Waals surface area contributed by atoms with Crippen molar-refractivity contribution in [1.29, 1.82) is 0 Å². The van der Waals surface area contributed by atoms with Crippen molar-refractivity contribution in [1.82, 2.24) is 4.98 Å². The van der Waals surface area contributed by atoms with Crippen molar-refractivity contribution in [2.24, 2.45) is 0 Å². The molecule has 1 heterocycles. The van der Waals surface area contributed by atoms with Gasteiger partial charge < -0.3 is 9.29 Å². The smallest absolute Gasteiger partial charge is 0.743 e. The van der Waals surface area contributed by atoms with Gasteiger partial charge in [-0.15, -0.1) is 0 Å². The van der Waals surface area contributed by atoms with Crippen LogP contribution in [0.15, 0.2) is 11.1 Å². The quantitative estimate of drug-likeness (QED) is 0.195. The maximum absolute atomic E-state index is 11.4. The molecule has 0 saturated heterocycles. The number of hydrogen-bond donors (Lipinski definition) is 0. The molecule has 0 spiro atoms. The largest absolute Gasteiger partial charge is 1.00 e. The maximum atomic E-state index is 11.4. The summed E-state index contributed by atoms with van der Waals surface area (Å²) in [7, 11) is -4.61. The van der Waals surface area contributed by atoms with Gasteiger partial charge in [0.25, 0.3) is 0 Å². The van der Waals surface area contributed by atoms with Crippen molar-refractivity contribution >= 4 is 38.7 Å². The molecule has 9 heteroatoms. The second-order valence-corrected chi connectivity index (χ2v) is 5.96. The first-order valence-corrected chi connectivity index (χ1v) is 7.90. The normalized spacial score (nSPS) is 10.7. The van der Waals surface area contributed by atoms with Gasteiger partial charge in [-0.1, -0.05) is 22.6 Å². The Hall–Kier alpha value is 0.260. The number of aryl methyl sites for hydroxylation is 2. The zero-order valence-electron chi connectivity index (χ0n) is 10.8. The van der Waals surface area contributed by atoms with Crippen molar-refractivity contribution < 1.29 is 52.1 Å². The number of hydrogen-bond acceptors (Lipinski definition) is 6. The number of carbonyl (C=O) groups excluding carboxylic acids is 1. The fraction of sp³-hybridized carbons (Fsp3) is 0.400. The Morgan fingerprint density at radius 1 is 1.47 bits per heavy atom. The van der Waals surface area contributed by atoms with E-state index in [0.29, 0.717) is 9.99 Å². The number of rotatable bonds is 4. The molecule has 0 atom stereocenters. The Morgan fingerprint density at radius 2 is 2.05 bits per heavy atom. The molecule has 100 valence electrons. The van der Waals surface area contributed by atoms with Gasteiger partial charge in [0.1, 0.15) is 15.1 Å². The summed E-state index contributed by atoms with van der Waals surface area (Å²) in [6.45, 7) is 3.03. The molecule has 0 amide bonds. The minimum atomic E-state index is -4.61. The number of pyridine rings is 1. The number of halogens is 1. The molecule has 0 aliphatic rings. The number of carbonyl (C=O) groups is 1. The maximum Gasteiger partial charge on any atom is 1.00 e. The summed E-state index contributed by atoms with van der Waals surface area (Å²) in [4.78, 5) is 15.0. The number of alkyl halides is 1. The SMILES string of the molecule is Cc1cc(S(=O)(=O)[O-])nc(C)c1OC(=O)CCI.[Na+]. The monoisotopic (exact) mass is 407 g/mol. The molecule has 1 rings (SSSR count). The van der Waals surface area contributed by atoms with Crippen LogP contribution >= 0.6 is 22.6 Å². The van der Waals surface area contributed by atoms with Crippen LogP contribution in [0.25, 0.3) is 0 Å². The molecule has 6 nitrogen and oxygen atoms in total. The van der Waals surface area contributed by atoms with Crippen LogP contribution in [0.1, 0.15) is 17.7 Å². The summed E-state index contributed by atoms with van der Waals surface area (Å²) in [6.07, 6.45) is 0.251. The average molecular weight is 407 g/mol. The Bertz CT molecular complexity index is 552. The standard InChI is InChI=1S/C10H12INO5S.Na/c1-6-5-8(18(14,15)16)12-7(2)10(6)17-9(13)3-4-11;/h5H,3-4H2,1-2H3,(H,14,15,16);/q;+1/p-1. The van der Waals surface area contributed by atoms with Gasteiger partial charge in [0, 0.05) is 4.43 Å². The van der Waals surface area contributed by atoms with Gasteiger partial charge >= 0.3 is 35.5 Å². The molecule has 0 bridgehead atoms. The van der Waals surface area contributed by atoms with E-state index in [9.17, 15) is 17.8 Å². The van der Waals surface area contributed by atoms with E-state index in [4.69, 9.17) is 4.74 Å². The molecule has 0 saturated carbocycles. The van der Waals surface area contributed by atoms with Crippen LogP contribution in [0, 0.1) is 13.8 Å². The molecule has 0 unspecified atom stereocenters. The van der Waals surface area contributed by atoms with Gasteiger partial charge in [-0.25, -0.2) is 13.4 Å². The van der Waals surface area contributed by atoms with Gasteiger partial charge in [-0.2, -0.15) is 0 Å². The summed E-state index contributed by atoms with van der Waals surface area (Å²) in [5.74, 6) is -0.215. The molecule has 19 heavy (non-hydrogen) atoms. The summed E-state index contributed by atoms with van der Waals surface area (Å²) in [5, 5.41) is -0.564. The van der Waals surface area contributed by atoms with E-state index in [0.717, 1.165) is 6.07 Å². The topological polar surface area (TPSA) is 96.4 Å². The summed E-state index contributed by atoms with van der Waals surface area (Å²) in [6, 6.07) is 1.10. The van der Waals surface area contributed by atoms with E-state index in [1.54, 1.807) is 6.92 Å². The molecule has 0 fully saturated rings. The zero-order valence-corrected chi connectivity index (χ0v) is 15.7. The minimum Gasteiger partial charge on any atom is -0.743 e. The first-order chi connectivity index (χ1) is 8.25. The van der Waals surface area contributed by atoms with Crippen molar-refractivity contribution in [2.45, 2.75) is 25.3 Å². The third-order valence-corrected chi connectivity index (χ3v) is 3.34. The number of ether oxygens (including phenoxy) is 1. The third kappa shape index (κ3) is 5.64. The third-order valence-electron chi connectivity index (χ3n) is 2.08. The van der Waals surface area contributed by atoms with E-state index < -0.39 is 21.1 Å². The first-order valence-electron chi connectivity index (χ1n) is 4.96. The van der Waals surface area contributed by atoms with Crippen LogP contribution in [0.4, 0.5) is 0 Å². The van der Waals surface area contributed by atoms with Crippen molar-refractivity contribution in [3.8, 4) is 5.75 Å². The second-order valence-electron chi connectivity index (χ2n) is 3.56. The van der Waals surface area contributed by atoms with E-state index in [1.165, 1.54) is 6.92 Å². The molecule has 0 aliphatic heterocycles. The Kier molecular flexibility index (Phi) is 8.00. The average Bonchev–Trinajstić information content (AvgIpc) is 2.22. The van der Waals surface area contributed by atoms with Gasteiger partial charge in [0.15, 0.2) is 5.75 Å². The molecule has 0 aromatic carbocycles. The summed E-state index contributed by atoms with van der Waals surface area (Å²) in [5.41, 5.74) is 0.588. The Labute approximate surface area is 147 Å².